The lowest BCUT2D eigenvalue weighted by Crippen LogP contribution is -2.08. The van der Waals surface area contributed by atoms with Crippen molar-refractivity contribution in [3.63, 3.8) is 0 Å². The molecular weight excluding hydrogens is 292 g/mol. The third-order valence-corrected chi connectivity index (χ3v) is 3.62. The predicted molar refractivity (Wildman–Crippen MR) is 89.0 cm³/mol. The molecule has 122 valence electrons. The van der Waals surface area contributed by atoms with Crippen LogP contribution in [0.3, 0.4) is 0 Å². The van der Waals surface area contributed by atoms with Crippen molar-refractivity contribution in [2.75, 3.05) is 20.3 Å². The van der Waals surface area contributed by atoms with E-state index < -0.39 is 5.97 Å². The smallest absolute Gasteiger partial charge is 0.304 e. The second kappa shape index (κ2) is 8.96. The van der Waals surface area contributed by atoms with E-state index in [1.807, 2.05) is 54.6 Å². The highest BCUT2D eigenvalue weighted by molar-refractivity contribution is 5.69. The van der Waals surface area contributed by atoms with Crippen molar-refractivity contribution in [2.24, 2.45) is 0 Å². The topological polar surface area (TPSA) is 55.8 Å². The Hall–Kier alpha value is -2.33. The minimum atomic E-state index is -0.807. The summed E-state index contributed by atoms with van der Waals surface area (Å²) in [5.41, 5.74) is 1.98. The van der Waals surface area contributed by atoms with Gasteiger partial charge in [-0.15, -0.1) is 0 Å². The summed E-state index contributed by atoms with van der Waals surface area (Å²) in [6, 6.07) is 17.4. The SMILES string of the molecule is COCCCOc1ccc([C@@H](CC(=O)O)c2ccccc2)cc1. The standard InChI is InChI=1S/C19H22O4/c1-22-12-5-13-23-17-10-8-16(9-11-17)18(14-19(20)21)15-6-3-2-4-7-15/h2-4,6-11,18H,5,12-14H2,1H3,(H,20,21)/t18-/m0/s1. The highest BCUT2D eigenvalue weighted by Crippen LogP contribution is 2.29. The van der Waals surface area contributed by atoms with E-state index in [1.165, 1.54) is 0 Å². The molecule has 0 aromatic heterocycles. The van der Waals surface area contributed by atoms with Crippen molar-refractivity contribution in [2.45, 2.75) is 18.8 Å². The highest BCUT2D eigenvalue weighted by atomic mass is 16.5. The van der Waals surface area contributed by atoms with Crippen LogP contribution >= 0.6 is 0 Å². The number of carboxylic acids is 1. The quantitative estimate of drug-likeness (QED) is 0.717. The first kappa shape index (κ1) is 17.0. The Morgan fingerprint density at radius 2 is 1.65 bits per heavy atom. The lowest BCUT2D eigenvalue weighted by atomic mass is 9.88. The minimum absolute atomic E-state index is 0.0675. The average Bonchev–Trinajstić information content (AvgIpc) is 2.58. The maximum absolute atomic E-state index is 11.2. The summed E-state index contributed by atoms with van der Waals surface area (Å²) < 4.78 is 10.6. The monoisotopic (exact) mass is 314 g/mol. The number of carbonyl (C=O) groups is 1. The third-order valence-electron chi connectivity index (χ3n) is 3.62. The van der Waals surface area contributed by atoms with Gasteiger partial charge in [-0.25, -0.2) is 0 Å². The van der Waals surface area contributed by atoms with Crippen LogP contribution in [0.1, 0.15) is 29.9 Å². The zero-order chi connectivity index (χ0) is 16.5. The molecule has 2 aromatic rings. The second-order valence-corrected chi connectivity index (χ2v) is 5.32. The molecule has 0 amide bonds. The normalized spacial score (nSPS) is 11.9. The molecule has 0 aliphatic rings. The molecule has 1 atom stereocenters. The van der Waals surface area contributed by atoms with Crippen LogP contribution in [0.5, 0.6) is 5.75 Å². The Labute approximate surface area is 136 Å². The highest BCUT2D eigenvalue weighted by Gasteiger charge is 2.17. The molecule has 0 aliphatic carbocycles. The van der Waals surface area contributed by atoms with E-state index in [-0.39, 0.29) is 12.3 Å². The second-order valence-electron chi connectivity index (χ2n) is 5.32. The third kappa shape index (κ3) is 5.42. The van der Waals surface area contributed by atoms with Gasteiger partial charge in [0.05, 0.1) is 13.0 Å². The van der Waals surface area contributed by atoms with Gasteiger partial charge in [-0.2, -0.15) is 0 Å². The van der Waals surface area contributed by atoms with Crippen molar-refractivity contribution < 1.29 is 19.4 Å². The first-order valence-electron chi connectivity index (χ1n) is 7.69. The van der Waals surface area contributed by atoms with E-state index >= 15 is 0 Å². The van der Waals surface area contributed by atoms with Gasteiger partial charge in [0.25, 0.3) is 0 Å². The fraction of sp³-hybridized carbons (Fsp3) is 0.316. The van der Waals surface area contributed by atoms with Gasteiger partial charge in [0.2, 0.25) is 0 Å². The molecular formula is C19H22O4. The van der Waals surface area contributed by atoms with Crippen molar-refractivity contribution in [3.05, 3.63) is 65.7 Å². The first-order valence-corrected chi connectivity index (χ1v) is 7.69. The van der Waals surface area contributed by atoms with Gasteiger partial charge < -0.3 is 14.6 Å². The summed E-state index contributed by atoms with van der Waals surface area (Å²) >= 11 is 0. The number of aliphatic carboxylic acids is 1. The zero-order valence-electron chi connectivity index (χ0n) is 13.3. The summed E-state index contributed by atoms with van der Waals surface area (Å²) in [5, 5.41) is 9.19. The molecule has 0 fully saturated rings. The maximum Gasteiger partial charge on any atom is 0.304 e. The van der Waals surface area contributed by atoms with Crippen LogP contribution in [0.25, 0.3) is 0 Å². The van der Waals surface area contributed by atoms with Crippen LogP contribution in [-0.2, 0) is 9.53 Å². The van der Waals surface area contributed by atoms with Crippen molar-refractivity contribution >= 4 is 5.97 Å². The lowest BCUT2D eigenvalue weighted by Gasteiger charge is -2.16. The molecule has 2 aromatic carbocycles. The van der Waals surface area contributed by atoms with E-state index in [4.69, 9.17) is 9.47 Å². The van der Waals surface area contributed by atoms with E-state index in [9.17, 15) is 9.90 Å². The number of carboxylic acid groups (broad SMARTS) is 1. The largest absolute Gasteiger partial charge is 0.494 e. The zero-order valence-corrected chi connectivity index (χ0v) is 13.3. The van der Waals surface area contributed by atoms with Gasteiger partial charge in [0.15, 0.2) is 0 Å². The molecule has 4 heteroatoms. The number of benzene rings is 2. The summed E-state index contributed by atoms with van der Waals surface area (Å²) in [5.74, 6) is -0.179. The molecule has 0 aliphatic heterocycles. The number of hydrogen-bond donors (Lipinski definition) is 1. The van der Waals surface area contributed by atoms with E-state index in [0.29, 0.717) is 13.2 Å². The van der Waals surface area contributed by atoms with Gasteiger partial charge in [0.1, 0.15) is 5.75 Å². The van der Waals surface area contributed by atoms with Crippen molar-refractivity contribution in [1.82, 2.24) is 0 Å². The molecule has 0 saturated heterocycles. The van der Waals surface area contributed by atoms with E-state index in [2.05, 4.69) is 0 Å². The molecule has 1 N–H and O–H groups in total. The van der Waals surface area contributed by atoms with Crippen LogP contribution in [0, 0.1) is 0 Å². The molecule has 0 spiro atoms. The Kier molecular flexibility index (Phi) is 6.63. The molecule has 0 unspecified atom stereocenters. The summed E-state index contributed by atoms with van der Waals surface area (Å²) in [4.78, 5) is 11.2. The van der Waals surface area contributed by atoms with Gasteiger partial charge in [-0.05, 0) is 23.3 Å². The Balaban J connectivity index is 2.08. The van der Waals surface area contributed by atoms with Crippen LogP contribution in [0.15, 0.2) is 54.6 Å². The number of ether oxygens (including phenoxy) is 2. The van der Waals surface area contributed by atoms with Gasteiger partial charge in [-0.3, -0.25) is 4.79 Å². The fourth-order valence-electron chi connectivity index (χ4n) is 2.48. The first-order chi connectivity index (χ1) is 11.2. The number of rotatable bonds is 9. The Morgan fingerprint density at radius 1 is 1.00 bits per heavy atom. The van der Waals surface area contributed by atoms with Crippen molar-refractivity contribution in [1.29, 1.82) is 0 Å². The molecule has 23 heavy (non-hydrogen) atoms. The van der Waals surface area contributed by atoms with Crippen LogP contribution < -0.4 is 4.74 Å². The van der Waals surface area contributed by atoms with Crippen LogP contribution in [0.4, 0.5) is 0 Å². The summed E-state index contributed by atoms with van der Waals surface area (Å²) in [7, 11) is 1.67. The van der Waals surface area contributed by atoms with E-state index in [0.717, 1.165) is 23.3 Å². The molecule has 2 rings (SSSR count). The Morgan fingerprint density at radius 3 is 2.26 bits per heavy atom. The fourth-order valence-corrected chi connectivity index (χ4v) is 2.48. The predicted octanol–water partition coefficient (Wildman–Crippen LogP) is 3.71. The van der Waals surface area contributed by atoms with Crippen molar-refractivity contribution in [3.8, 4) is 5.75 Å². The molecule has 0 heterocycles. The summed E-state index contributed by atoms with van der Waals surface area (Å²) in [6.07, 6.45) is 0.905. The van der Waals surface area contributed by atoms with E-state index in [1.54, 1.807) is 7.11 Å². The molecule has 0 bridgehead atoms. The Bertz CT molecular complexity index is 593. The van der Waals surface area contributed by atoms with Crippen LogP contribution in [-0.4, -0.2) is 31.4 Å². The van der Waals surface area contributed by atoms with Crippen LogP contribution in [0.2, 0.25) is 0 Å². The molecule has 0 radical (unpaired) electrons. The lowest BCUT2D eigenvalue weighted by molar-refractivity contribution is -0.137. The summed E-state index contributed by atoms with van der Waals surface area (Å²) in [6.45, 7) is 1.28. The van der Waals surface area contributed by atoms with Gasteiger partial charge in [-0.1, -0.05) is 42.5 Å². The van der Waals surface area contributed by atoms with Gasteiger partial charge in [0, 0.05) is 26.1 Å². The molecule has 0 saturated carbocycles. The number of hydrogen-bond acceptors (Lipinski definition) is 3. The maximum atomic E-state index is 11.2. The molecule has 4 nitrogen and oxygen atoms in total. The number of methoxy groups -OCH3 is 1. The minimum Gasteiger partial charge on any atom is -0.494 e. The average molecular weight is 314 g/mol. The van der Waals surface area contributed by atoms with Gasteiger partial charge >= 0.3 is 5.97 Å².